The summed E-state index contributed by atoms with van der Waals surface area (Å²) in [5.74, 6) is 0.869. The van der Waals surface area contributed by atoms with Crippen LogP contribution in [-0.2, 0) is 15.0 Å². The standard InChI is InChI=1S/C29H35BrN2O4S/c1-20(33)36-25-5-3-4-22(14-25)28-12-13-32(17-21-6-7-21)19-29(28,35)11-10-24(16-28)31(2)27(34)9-8-26-15-23(30)18-37-26/h3-5,8-9,14-15,18,21,24,35H,6-7,10-13,16-17,19H2,1-2H3/b9-8+/t24-,28-,29-/m0/s1. The van der Waals surface area contributed by atoms with E-state index >= 15 is 0 Å². The lowest BCUT2D eigenvalue weighted by Gasteiger charge is -2.59. The summed E-state index contributed by atoms with van der Waals surface area (Å²) in [6.07, 6.45) is 8.93. The number of piperidine rings is 1. The van der Waals surface area contributed by atoms with Crippen LogP contribution >= 0.6 is 27.3 Å². The molecule has 2 heterocycles. The van der Waals surface area contributed by atoms with E-state index in [-0.39, 0.29) is 17.9 Å². The maximum atomic E-state index is 13.2. The Balaban J connectivity index is 1.41. The van der Waals surface area contributed by atoms with Gasteiger partial charge in [-0.2, -0.15) is 0 Å². The van der Waals surface area contributed by atoms with Gasteiger partial charge in [0.2, 0.25) is 5.91 Å². The molecule has 1 aromatic carbocycles. The molecule has 198 valence electrons. The summed E-state index contributed by atoms with van der Waals surface area (Å²) in [5, 5.41) is 14.3. The summed E-state index contributed by atoms with van der Waals surface area (Å²) in [5.41, 5.74) is -0.443. The van der Waals surface area contributed by atoms with E-state index in [0.717, 1.165) is 46.8 Å². The van der Waals surface area contributed by atoms with E-state index in [4.69, 9.17) is 4.74 Å². The summed E-state index contributed by atoms with van der Waals surface area (Å²) in [6, 6.07) is 9.65. The van der Waals surface area contributed by atoms with E-state index in [1.807, 2.05) is 47.7 Å². The van der Waals surface area contributed by atoms with Gasteiger partial charge in [-0.25, -0.2) is 0 Å². The number of ether oxygens (including phenoxy) is 1. The number of rotatable bonds is 7. The predicted molar refractivity (Wildman–Crippen MR) is 150 cm³/mol. The highest BCUT2D eigenvalue weighted by molar-refractivity contribution is 9.10. The van der Waals surface area contributed by atoms with E-state index < -0.39 is 11.0 Å². The Labute approximate surface area is 231 Å². The smallest absolute Gasteiger partial charge is 0.308 e. The highest BCUT2D eigenvalue weighted by Gasteiger charge is 2.58. The zero-order valence-corrected chi connectivity index (χ0v) is 23.9. The van der Waals surface area contributed by atoms with Crippen LogP contribution in [0.25, 0.3) is 6.08 Å². The summed E-state index contributed by atoms with van der Waals surface area (Å²) in [7, 11) is 1.87. The van der Waals surface area contributed by atoms with Crippen LogP contribution in [0.15, 0.2) is 46.3 Å². The van der Waals surface area contributed by atoms with Crippen LogP contribution in [0.2, 0.25) is 0 Å². The van der Waals surface area contributed by atoms with Crippen LogP contribution in [0.1, 0.15) is 55.9 Å². The number of halogens is 1. The Morgan fingerprint density at radius 2 is 2.08 bits per heavy atom. The van der Waals surface area contributed by atoms with E-state index in [9.17, 15) is 14.7 Å². The molecule has 1 amide bonds. The minimum atomic E-state index is -0.908. The topological polar surface area (TPSA) is 70.1 Å². The van der Waals surface area contributed by atoms with E-state index in [0.29, 0.717) is 25.1 Å². The molecule has 3 aliphatic rings. The molecule has 5 rings (SSSR count). The van der Waals surface area contributed by atoms with Gasteiger partial charge >= 0.3 is 5.97 Å². The third kappa shape index (κ3) is 5.72. The molecule has 2 aliphatic carbocycles. The van der Waals surface area contributed by atoms with Crippen molar-refractivity contribution in [3.8, 4) is 5.75 Å². The number of likely N-dealkylation sites (N-methyl/N-ethyl adjacent to an activating group) is 1. The number of benzene rings is 1. The lowest BCUT2D eigenvalue weighted by atomic mass is 9.55. The van der Waals surface area contributed by atoms with E-state index in [2.05, 4.69) is 20.8 Å². The van der Waals surface area contributed by atoms with Crippen LogP contribution in [0.5, 0.6) is 5.75 Å². The van der Waals surface area contributed by atoms with Gasteiger partial charge in [0, 0.05) is 59.3 Å². The first-order chi connectivity index (χ1) is 17.7. The number of esters is 1. The van der Waals surface area contributed by atoms with Gasteiger partial charge in [-0.3, -0.25) is 9.59 Å². The number of aliphatic hydroxyl groups is 1. The number of nitrogens with zero attached hydrogens (tertiary/aromatic N) is 2. The summed E-state index contributed by atoms with van der Waals surface area (Å²) < 4.78 is 6.43. The molecular formula is C29H35BrN2O4S. The predicted octanol–water partition coefficient (Wildman–Crippen LogP) is 5.24. The van der Waals surface area contributed by atoms with Gasteiger partial charge in [0.1, 0.15) is 5.75 Å². The average Bonchev–Trinajstić information content (AvgIpc) is 3.58. The quantitative estimate of drug-likeness (QED) is 0.273. The molecule has 8 heteroatoms. The molecule has 1 saturated heterocycles. The molecule has 3 fully saturated rings. The summed E-state index contributed by atoms with van der Waals surface area (Å²) >= 11 is 5.05. The zero-order valence-electron chi connectivity index (χ0n) is 21.5. The Bertz CT molecular complexity index is 1190. The largest absolute Gasteiger partial charge is 0.427 e. The number of fused-ring (bicyclic) bond motifs is 1. The van der Waals surface area contributed by atoms with Crippen molar-refractivity contribution in [2.24, 2.45) is 5.92 Å². The van der Waals surface area contributed by atoms with Gasteiger partial charge in [-0.05, 0) is 96.8 Å². The summed E-state index contributed by atoms with van der Waals surface area (Å²) in [6.45, 7) is 4.00. The van der Waals surface area contributed by atoms with E-state index in [1.54, 1.807) is 23.5 Å². The molecule has 1 aromatic heterocycles. The number of carbonyl (C=O) groups excluding carboxylic acids is 2. The van der Waals surface area contributed by atoms with Crippen LogP contribution in [-0.4, -0.2) is 65.1 Å². The second-order valence-corrected chi connectivity index (χ2v) is 12.9. The molecule has 1 N–H and O–H groups in total. The third-order valence-corrected chi connectivity index (χ3v) is 10.1. The van der Waals surface area contributed by atoms with Crippen LogP contribution in [0, 0.1) is 5.92 Å². The van der Waals surface area contributed by atoms with Crippen molar-refractivity contribution in [3.63, 3.8) is 0 Å². The first kappa shape index (κ1) is 26.6. The van der Waals surface area contributed by atoms with Crippen molar-refractivity contribution < 1.29 is 19.4 Å². The van der Waals surface area contributed by atoms with Gasteiger partial charge in [0.25, 0.3) is 0 Å². The number of hydrogen-bond donors (Lipinski definition) is 1. The van der Waals surface area contributed by atoms with Crippen molar-refractivity contribution >= 4 is 45.2 Å². The number of thiophene rings is 1. The summed E-state index contributed by atoms with van der Waals surface area (Å²) in [4.78, 5) is 30.1. The number of carbonyl (C=O) groups is 2. The van der Waals surface area contributed by atoms with Crippen molar-refractivity contribution in [2.45, 2.75) is 62.5 Å². The molecule has 37 heavy (non-hydrogen) atoms. The Hall–Kier alpha value is -2.00. The maximum absolute atomic E-state index is 13.2. The number of β-amino-alcohol motifs (C(OH)–C–C–N with tert-alkyl or cyclic N) is 1. The van der Waals surface area contributed by atoms with Crippen molar-refractivity contribution in [1.29, 1.82) is 0 Å². The molecule has 2 saturated carbocycles. The minimum absolute atomic E-state index is 0.000129. The number of amides is 1. The van der Waals surface area contributed by atoms with E-state index in [1.165, 1.54) is 19.8 Å². The fourth-order valence-corrected chi connectivity index (χ4v) is 7.61. The SMILES string of the molecule is CC(=O)Oc1cccc([C@@]23CCN(CC4CC4)C[C@@]2(O)CC[C@H](N(C)C(=O)/C=C/c2cc(Br)cs2)C3)c1. The van der Waals surface area contributed by atoms with Crippen LogP contribution in [0.4, 0.5) is 0 Å². The Morgan fingerprint density at radius 3 is 2.78 bits per heavy atom. The van der Waals surface area contributed by atoms with Crippen molar-refractivity contribution in [3.05, 3.63) is 56.7 Å². The van der Waals surface area contributed by atoms with Gasteiger partial charge in [-0.1, -0.05) is 12.1 Å². The van der Waals surface area contributed by atoms with Crippen molar-refractivity contribution in [2.75, 3.05) is 26.7 Å². The minimum Gasteiger partial charge on any atom is -0.427 e. The molecule has 1 aliphatic heterocycles. The molecule has 0 spiro atoms. The third-order valence-electron chi connectivity index (χ3n) is 8.44. The van der Waals surface area contributed by atoms with Gasteiger partial charge in [-0.15, -0.1) is 11.3 Å². The van der Waals surface area contributed by atoms with Gasteiger partial charge in [0.05, 0.1) is 5.60 Å². The van der Waals surface area contributed by atoms with Gasteiger partial charge in [0.15, 0.2) is 0 Å². The lowest BCUT2D eigenvalue weighted by Crippen LogP contribution is -2.67. The molecule has 0 unspecified atom stereocenters. The monoisotopic (exact) mass is 586 g/mol. The Kier molecular flexibility index (Phi) is 7.65. The molecule has 0 bridgehead atoms. The second kappa shape index (κ2) is 10.6. The Morgan fingerprint density at radius 1 is 1.27 bits per heavy atom. The molecule has 6 nitrogen and oxygen atoms in total. The highest BCUT2D eigenvalue weighted by atomic mass is 79.9. The van der Waals surface area contributed by atoms with Gasteiger partial charge < -0.3 is 19.6 Å². The molecule has 0 radical (unpaired) electrons. The molecular weight excluding hydrogens is 552 g/mol. The highest BCUT2D eigenvalue weighted by Crippen LogP contribution is 2.53. The van der Waals surface area contributed by atoms with Crippen LogP contribution in [0.3, 0.4) is 0 Å². The zero-order chi connectivity index (χ0) is 26.2. The first-order valence-electron chi connectivity index (χ1n) is 13.1. The molecule has 2 aromatic rings. The maximum Gasteiger partial charge on any atom is 0.308 e. The average molecular weight is 588 g/mol. The number of hydrogen-bond acceptors (Lipinski definition) is 6. The number of likely N-dealkylation sites (tertiary alicyclic amines) is 1. The normalized spacial score (nSPS) is 28.2. The fourth-order valence-electron chi connectivity index (χ4n) is 6.27. The molecule has 3 atom stereocenters. The fraction of sp³-hybridized carbons (Fsp3) is 0.517. The second-order valence-electron chi connectivity index (χ2n) is 11.0. The lowest BCUT2D eigenvalue weighted by molar-refractivity contribution is -0.145. The van der Waals surface area contributed by atoms with Crippen LogP contribution < -0.4 is 4.74 Å². The first-order valence-corrected chi connectivity index (χ1v) is 14.8. The van der Waals surface area contributed by atoms with Crippen molar-refractivity contribution in [1.82, 2.24) is 9.80 Å².